The number of rotatable bonds is 9. The number of carbonyl (C=O) groups is 3. The van der Waals surface area contributed by atoms with E-state index in [0.29, 0.717) is 17.9 Å². The van der Waals surface area contributed by atoms with Gasteiger partial charge in [0.25, 0.3) is 0 Å². The summed E-state index contributed by atoms with van der Waals surface area (Å²) in [4.78, 5) is 33.3. The lowest BCUT2D eigenvalue weighted by Crippen LogP contribution is -2.41. The maximum absolute atomic E-state index is 11.8. The Morgan fingerprint density at radius 1 is 1.00 bits per heavy atom. The van der Waals surface area contributed by atoms with Gasteiger partial charge in [-0.1, -0.05) is 42.5 Å². The van der Waals surface area contributed by atoms with E-state index in [1.807, 2.05) is 30.3 Å². The first-order valence-corrected chi connectivity index (χ1v) is 8.14. The normalized spacial score (nSPS) is 11.7. The molecule has 1 atom stereocenters. The van der Waals surface area contributed by atoms with Gasteiger partial charge in [-0.2, -0.15) is 0 Å². The van der Waals surface area contributed by atoms with Crippen molar-refractivity contribution >= 4 is 23.9 Å². The lowest BCUT2D eigenvalue weighted by molar-refractivity contribution is -0.146. The molecule has 7 heteroatoms. The van der Waals surface area contributed by atoms with Crippen LogP contribution in [-0.4, -0.2) is 34.1 Å². The summed E-state index contributed by atoms with van der Waals surface area (Å²) in [6, 6.07) is 15.2. The average molecular weight is 369 g/mol. The highest BCUT2D eigenvalue weighted by Crippen LogP contribution is 2.15. The molecular weight excluding hydrogens is 350 g/mol. The molecule has 2 aromatic rings. The van der Waals surface area contributed by atoms with E-state index in [1.54, 1.807) is 24.3 Å². The van der Waals surface area contributed by atoms with E-state index in [1.165, 1.54) is 6.08 Å². The van der Waals surface area contributed by atoms with Crippen LogP contribution < -0.4 is 10.1 Å². The Hall–Kier alpha value is -3.61. The first-order chi connectivity index (χ1) is 12.9. The van der Waals surface area contributed by atoms with Crippen LogP contribution in [0.2, 0.25) is 0 Å². The molecule has 1 amide bonds. The van der Waals surface area contributed by atoms with Gasteiger partial charge in [0.05, 0.1) is 6.42 Å². The summed E-state index contributed by atoms with van der Waals surface area (Å²) in [6.45, 7) is 0.443. The van der Waals surface area contributed by atoms with Gasteiger partial charge in [-0.05, 0) is 29.3 Å². The van der Waals surface area contributed by atoms with Crippen molar-refractivity contribution in [3.8, 4) is 5.75 Å². The summed E-state index contributed by atoms with van der Waals surface area (Å²) in [5.41, 5.74) is 1.76. The van der Waals surface area contributed by atoms with E-state index in [2.05, 4.69) is 5.32 Å². The smallest absolute Gasteiger partial charge is 0.326 e. The fourth-order valence-corrected chi connectivity index (χ4v) is 2.18. The molecule has 2 rings (SSSR count). The highest BCUT2D eigenvalue weighted by molar-refractivity contribution is 5.95. The van der Waals surface area contributed by atoms with E-state index in [0.717, 1.165) is 11.6 Å². The molecule has 0 aliphatic rings. The van der Waals surface area contributed by atoms with Crippen LogP contribution in [0.1, 0.15) is 17.5 Å². The number of hydrogen-bond donors (Lipinski definition) is 3. The molecule has 0 heterocycles. The number of ether oxygens (including phenoxy) is 1. The third-order valence-corrected chi connectivity index (χ3v) is 3.55. The third kappa shape index (κ3) is 7.03. The molecular formula is C20H19NO6. The maximum atomic E-state index is 11.8. The first-order valence-electron chi connectivity index (χ1n) is 8.14. The number of hydrogen-bond acceptors (Lipinski definition) is 4. The van der Waals surface area contributed by atoms with E-state index in [9.17, 15) is 14.4 Å². The fourth-order valence-electron chi connectivity index (χ4n) is 2.18. The molecule has 2 aromatic carbocycles. The number of aliphatic carboxylic acids is 2. The molecule has 0 radical (unpaired) electrons. The summed E-state index contributed by atoms with van der Waals surface area (Å²) in [7, 11) is 0. The Balaban J connectivity index is 1.88. The van der Waals surface area contributed by atoms with E-state index in [4.69, 9.17) is 14.9 Å². The van der Waals surface area contributed by atoms with Crippen LogP contribution in [0, 0.1) is 0 Å². The molecule has 140 valence electrons. The van der Waals surface area contributed by atoms with E-state index in [-0.39, 0.29) is 0 Å². The number of nitrogens with one attached hydrogen (secondary N) is 1. The van der Waals surface area contributed by atoms with Gasteiger partial charge in [0, 0.05) is 6.08 Å². The second-order valence-electron chi connectivity index (χ2n) is 5.67. The van der Waals surface area contributed by atoms with Crippen molar-refractivity contribution in [2.75, 3.05) is 0 Å². The predicted octanol–water partition coefficient (Wildman–Crippen LogP) is 2.32. The molecule has 0 spiro atoms. The third-order valence-electron chi connectivity index (χ3n) is 3.55. The minimum atomic E-state index is -1.48. The Morgan fingerprint density at radius 2 is 1.67 bits per heavy atom. The van der Waals surface area contributed by atoms with Crippen molar-refractivity contribution in [3.05, 3.63) is 71.8 Å². The average Bonchev–Trinajstić information content (AvgIpc) is 2.65. The zero-order chi connectivity index (χ0) is 19.6. The van der Waals surface area contributed by atoms with Crippen LogP contribution in [0.4, 0.5) is 0 Å². The van der Waals surface area contributed by atoms with Crippen molar-refractivity contribution in [2.24, 2.45) is 0 Å². The lowest BCUT2D eigenvalue weighted by Gasteiger charge is -2.10. The highest BCUT2D eigenvalue weighted by atomic mass is 16.5. The maximum Gasteiger partial charge on any atom is 0.326 e. The first kappa shape index (κ1) is 19.7. The van der Waals surface area contributed by atoms with Gasteiger partial charge < -0.3 is 20.3 Å². The van der Waals surface area contributed by atoms with Crippen LogP contribution in [0.5, 0.6) is 5.75 Å². The van der Waals surface area contributed by atoms with E-state index >= 15 is 0 Å². The molecule has 0 bridgehead atoms. The van der Waals surface area contributed by atoms with Gasteiger partial charge in [0.2, 0.25) is 5.91 Å². The Bertz CT molecular complexity index is 814. The Morgan fingerprint density at radius 3 is 2.26 bits per heavy atom. The monoisotopic (exact) mass is 369 g/mol. The zero-order valence-electron chi connectivity index (χ0n) is 14.4. The quantitative estimate of drug-likeness (QED) is 0.585. The van der Waals surface area contributed by atoms with E-state index < -0.39 is 30.3 Å². The van der Waals surface area contributed by atoms with Gasteiger partial charge in [-0.3, -0.25) is 9.59 Å². The summed E-state index contributed by atoms with van der Waals surface area (Å²) in [5.74, 6) is -2.72. The molecule has 0 aliphatic heterocycles. The summed E-state index contributed by atoms with van der Waals surface area (Å²) in [5, 5.41) is 19.7. The minimum absolute atomic E-state index is 0.443. The van der Waals surface area contributed by atoms with Crippen molar-refractivity contribution in [3.63, 3.8) is 0 Å². The van der Waals surface area contributed by atoms with Crippen LogP contribution >= 0.6 is 0 Å². The van der Waals surface area contributed by atoms with Crippen molar-refractivity contribution in [1.29, 1.82) is 0 Å². The number of carbonyl (C=O) groups excluding carboxylic acids is 1. The van der Waals surface area contributed by atoms with Crippen molar-refractivity contribution < 1.29 is 29.3 Å². The summed E-state index contributed by atoms with van der Waals surface area (Å²) in [6.07, 6.45) is 1.95. The number of amides is 1. The van der Waals surface area contributed by atoms with Gasteiger partial charge in [-0.15, -0.1) is 0 Å². The number of carboxylic acids is 2. The van der Waals surface area contributed by atoms with Gasteiger partial charge >= 0.3 is 11.9 Å². The summed E-state index contributed by atoms with van der Waals surface area (Å²) < 4.78 is 5.66. The largest absolute Gasteiger partial charge is 0.489 e. The molecule has 0 saturated heterocycles. The van der Waals surface area contributed by atoms with Crippen LogP contribution in [0.25, 0.3) is 6.08 Å². The molecule has 27 heavy (non-hydrogen) atoms. The molecule has 0 fully saturated rings. The molecule has 0 aliphatic carbocycles. The lowest BCUT2D eigenvalue weighted by atomic mass is 10.2. The summed E-state index contributed by atoms with van der Waals surface area (Å²) >= 11 is 0. The molecule has 7 nitrogen and oxygen atoms in total. The van der Waals surface area contributed by atoms with Crippen molar-refractivity contribution in [1.82, 2.24) is 5.32 Å². The second-order valence-corrected chi connectivity index (χ2v) is 5.67. The van der Waals surface area contributed by atoms with Crippen molar-refractivity contribution in [2.45, 2.75) is 19.1 Å². The highest BCUT2D eigenvalue weighted by Gasteiger charge is 2.21. The topological polar surface area (TPSA) is 113 Å². The van der Waals surface area contributed by atoms with Crippen LogP contribution in [-0.2, 0) is 21.0 Å². The van der Waals surface area contributed by atoms with Gasteiger partial charge in [-0.25, -0.2) is 4.79 Å². The van der Waals surface area contributed by atoms with Crippen LogP contribution in [0.15, 0.2) is 60.7 Å². The predicted molar refractivity (Wildman–Crippen MR) is 98.1 cm³/mol. The second kappa shape index (κ2) is 9.76. The zero-order valence-corrected chi connectivity index (χ0v) is 14.4. The molecule has 0 aromatic heterocycles. The Kier molecular flexibility index (Phi) is 7.13. The number of benzene rings is 2. The standard InChI is InChI=1S/C20H19NO6/c22-18(21-17(20(25)26)12-19(23)24)11-8-14-6-9-16(10-7-14)27-13-15-4-2-1-3-5-15/h1-11,17H,12-13H2,(H,21,22)(H,23,24)(H,25,26)/b11-8+. The van der Waals surface area contributed by atoms with Gasteiger partial charge in [0.1, 0.15) is 18.4 Å². The van der Waals surface area contributed by atoms with Crippen LogP contribution in [0.3, 0.4) is 0 Å². The van der Waals surface area contributed by atoms with Gasteiger partial charge in [0.15, 0.2) is 0 Å². The SMILES string of the molecule is O=C(O)CC(NC(=O)/C=C/c1ccc(OCc2ccccc2)cc1)C(=O)O. The Labute approximate surface area is 155 Å². The molecule has 0 saturated carbocycles. The minimum Gasteiger partial charge on any atom is -0.489 e. The molecule has 3 N–H and O–H groups in total. The molecule has 1 unspecified atom stereocenters. The fraction of sp³-hybridized carbons (Fsp3) is 0.150. The number of carboxylic acid groups (broad SMARTS) is 2.